The van der Waals surface area contributed by atoms with Crippen LogP contribution >= 0.6 is 0 Å². The lowest BCUT2D eigenvalue weighted by Gasteiger charge is -2.28. The number of fused-ring (bicyclic) bond motifs is 1. The van der Waals surface area contributed by atoms with Gasteiger partial charge in [-0.25, -0.2) is 4.98 Å². The van der Waals surface area contributed by atoms with Gasteiger partial charge in [0.05, 0.1) is 11.7 Å². The molecule has 1 aliphatic carbocycles. The molecule has 1 aromatic heterocycles. The van der Waals surface area contributed by atoms with E-state index in [2.05, 4.69) is 58.8 Å². The third-order valence-electron chi connectivity index (χ3n) is 7.12. The molecule has 5 nitrogen and oxygen atoms in total. The van der Waals surface area contributed by atoms with E-state index < -0.39 is 0 Å². The van der Waals surface area contributed by atoms with Crippen molar-refractivity contribution in [2.24, 2.45) is 17.6 Å². The zero-order valence-electron chi connectivity index (χ0n) is 19.4. The van der Waals surface area contributed by atoms with E-state index in [0.29, 0.717) is 12.3 Å². The summed E-state index contributed by atoms with van der Waals surface area (Å²) >= 11 is 0. The van der Waals surface area contributed by atoms with Crippen molar-refractivity contribution in [3.8, 4) is 11.3 Å². The largest absolute Gasteiger partial charge is 0.346 e. The highest BCUT2D eigenvalue weighted by Gasteiger charge is 2.28. The van der Waals surface area contributed by atoms with Crippen molar-refractivity contribution in [1.82, 2.24) is 15.3 Å². The van der Waals surface area contributed by atoms with Crippen LogP contribution in [0.1, 0.15) is 43.1 Å². The molecule has 0 unspecified atom stereocenters. The fourth-order valence-corrected chi connectivity index (χ4v) is 5.03. The number of carbonyl (C=O) groups excluding carboxylic acids is 1. The van der Waals surface area contributed by atoms with Gasteiger partial charge in [-0.3, -0.25) is 4.79 Å². The molecule has 3 aromatic carbocycles. The minimum absolute atomic E-state index is 0.0518. The first-order valence-corrected chi connectivity index (χ1v) is 12.3. The number of H-pyrrole nitrogens is 1. The maximum Gasteiger partial charge on any atom is 0.223 e. The fraction of sp³-hybridized carbons (Fsp3) is 0.310. The molecule has 0 spiro atoms. The lowest BCUT2D eigenvalue weighted by molar-refractivity contribution is -0.127. The summed E-state index contributed by atoms with van der Waals surface area (Å²) in [6, 6.07) is 24.8. The average molecular weight is 453 g/mol. The van der Waals surface area contributed by atoms with Gasteiger partial charge in [0.1, 0.15) is 5.82 Å². The maximum absolute atomic E-state index is 13.2. The first-order chi connectivity index (χ1) is 16.7. The molecule has 4 N–H and O–H groups in total. The second kappa shape index (κ2) is 10.2. The van der Waals surface area contributed by atoms with Crippen molar-refractivity contribution in [1.29, 1.82) is 0 Å². The molecule has 1 saturated carbocycles. The monoisotopic (exact) mass is 452 g/mol. The number of aromatic amines is 1. The second-order valence-electron chi connectivity index (χ2n) is 9.44. The van der Waals surface area contributed by atoms with Crippen LogP contribution in [-0.4, -0.2) is 22.4 Å². The van der Waals surface area contributed by atoms with Crippen LogP contribution in [0, 0.1) is 11.8 Å². The van der Waals surface area contributed by atoms with Crippen LogP contribution in [0.15, 0.2) is 79.0 Å². The van der Waals surface area contributed by atoms with Gasteiger partial charge in [-0.05, 0) is 67.0 Å². The number of hydrogen-bond donors (Lipinski definition) is 3. The number of carbonyl (C=O) groups is 1. The summed E-state index contributed by atoms with van der Waals surface area (Å²) < 4.78 is 0. The Balaban J connectivity index is 1.37. The molecule has 5 heteroatoms. The lowest BCUT2D eigenvalue weighted by atomic mass is 9.81. The summed E-state index contributed by atoms with van der Waals surface area (Å²) in [6.07, 6.45) is 6.51. The van der Waals surface area contributed by atoms with E-state index in [0.717, 1.165) is 49.3 Å². The lowest BCUT2D eigenvalue weighted by Crippen LogP contribution is -2.37. The fourth-order valence-electron chi connectivity index (χ4n) is 5.03. The van der Waals surface area contributed by atoms with E-state index in [9.17, 15) is 4.79 Å². The summed E-state index contributed by atoms with van der Waals surface area (Å²) in [4.78, 5) is 21.5. The number of imidazole rings is 1. The Morgan fingerprint density at radius 1 is 0.971 bits per heavy atom. The van der Waals surface area contributed by atoms with Crippen molar-refractivity contribution < 1.29 is 4.79 Å². The van der Waals surface area contributed by atoms with Gasteiger partial charge in [0.2, 0.25) is 5.91 Å². The van der Waals surface area contributed by atoms with Crippen molar-refractivity contribution >= 4 is 16.7 Å². The molecule has 1 atom stereocenters. The molecule has 4 aromatic rings. The molecule has 1 fully saturated rings. The molecule has 5 rings (SSSR count). The molecule has 0 aliphatic heterocycles. The number of hydrogen-bond acceptors (Lipinski definition) is 3. The zero-order chi connectivity index (χ0) is 23.3. The maximum atomic E-state index is 13.2. The van der Waals surface area contributed by atoms with Gasteiger partial charge < -0.3 is 16.0 Å². The molecule has 1 aliphatic rings. The van der Waals surface area contributed by atoms with Gasteiger partial charge in [-0.15, -0.1) is 0 Å². The highest BCUT2D eigenvalue weighted by Crippen LogP contribution is 2.30. The third kappa shape index (κ3) is 5.05. The van der Waals surface area contributed by atoms with Crippen molar-refractivity contribution in [3.63, 3.8) is 0 Å². The molecule has 1 heterocycles. The van der Waals surface area contributed by atoms with Crippen molar-refractivity contribution in [3.05, 3.63) is 90.4 Å². The Morgan fingerprint density at radius 3 is 2.47 bits per heavy atom. The van der Waals surface area contributed by atoms with Crippen LogP contribution in [0.5, 0.6) is 0 Å². The van der Waals surface area contributed by atoms with E-state index in [-0.39, 0.29) is 17.9 Å². The number of aromatic nitrogens is 2. The van der Waals surface area contributed by atoms with Gasteiger partial charge >= 0.3 is 0 Å². The van der Waals surface area contributed by atoms with Gasteiger partial charge in [-0.2, -0.15) is 0 Å². The first-order valence-electron chi connectivity index (χ1n) is 12.3. The van der Waals surface area contributed by atoms with E-state index in [1.807, 2.05) is 30.5 Å². The summed E-state index contributed by atoms with van der Waals surface area (Å²) in [5.41, 5.74) is 8.95. The molecular formula is C29H32N4O. The second-order valence-corrected chi connectivity index (χ2v) is 9.44. The molecular weight excluding hydrogens is 420 g/mol. The topological polar surface area (TPSA) is 83.8 Å². The van der Waals surface area contributed by atoms with E-state index in [1.54, 1.807) is 0 Å². The van der Waals surface area contributed by atoms with Gasteiger partial charge in [0.15, 0.2) is 0 Å². The van der Waals surface area contributed by atoms with Crippen LogP contribution in [0.25, 0.3) is 22.0 Å². The predicted molar refractivity (Wildman–Crippen MR) is 137 cm³/mol. The first kappa shape index (κ1) is 22.4. The Morgan fingerprint density at radius 2 is 1.71 bits per heavy atom. The highest BCUT2D eigenvalue weighted by molar-refractivity contribution is 5.86. The third-order valence-corrected chi connectivity index (χ3v) is 7.12. The minimum Gasteiger partial charge on any atom is -0.346 e. The summed E-state index contributed by atoms with van der Waals surface area (Å²) in [5, 5.41) is 5.71. The Kier molecular flexibility index (Phi) is 6.72. The van der Waals surface area contributed by atoms with Gasteiger partial charge in [0, 0.05) is 17.7 Å². The average Bonchev–Trinajstić information content (AvgIpc) is 3.39. The number of benzene rings is 3. The quantitative estimate of drug-likeness (QED) is 0.351. The van der Waals surface area contributed by atoms with E-state index in [4.69, 9.17) is 10.7 Å². The predicted octanol–water partition coefficient (Wildman–Crippen LogP) is 5.40. The van der Waals surface area contributed by atoms with Crippen molar-refractivity contribution in [2.45, 2.75) is 38.1 Å². The minimum atomic E-state index is -0.212. The highest BCUT2D eigenvalue weighted by atomic mass is 16.1. The van der Waals surface area contributed by atoms with E-state index in [1.165, 1.54) is 16.3 Å². The Labute approximate surface area is 200 Å². The zero-order valence-corrected chi connectivity index (χ0v) is 19.4. The van der Waals surface area contributed by atoms with Crippen molar-refractivity contribution in [2.75, 3.05) is 6.54 Å². The number of rotatable bonds is 7. The van der Waals surface area contributed by atoms with Crippen LogP contribution in [-0.2, 0) is 11.2 Å². The van der Waals surface area contributed by atoms with Crippen LogP contribution in [0.4, 0.5) is 0 Å². The normalized spacial score (nSPS) is 19.1. The van der Waals surface area contributed by atoms with Crippen LogP contribution in [0.2, 0.25) is 0 Å². The van der Waals surface area contributed by atoms with E-state index >= 15 is 0 Å². The Bertz CT molecular complexity index is 1240. The smallest absolute Gasteiger partial charge is 0.223 e. The number of nitrogens with two attached hydrogens (primary N) is 1. The van der Waals surface area contributed by atoms with Crippen LogP contribution < -0.4 is 11.1 Å². The SMILES string of the molecule is NC[C@H]1CC[C@H](C(=O)N[C@@H](Cc2ccccc2)c2nc(-c3ccc4ccccc4c3)c[nH]2)CC1. The summed E-state index contributed by atoms with van der Waals surface area (Å²) in [5.74, 6) is 1.52. The number of amides is 1. The van der Waals surface area contributed by atoms with Crippen LogP contribution in [0.3, 0.4) is 0 Å². The van der Waals surface area contributed by atoms with Gasteiger partial charge in [-0.1, -0.05) is 66.7 Å². The molecule has 0 bridgehead atoms. The molecule has 174 valence electrons. The summed E-state index contributed by atoms with van der Waals surface area (Å²) in [6.45, 7) is 0.717. The molecule has 34 heavy (non-hydrogen) atoms. The van der Waals surface area contributed by atoms with Gasteiger partial charge in [0.25, 0.3) is 0 Å². The molecule has 0 saturated heterocycles. The summed E-state index contributed by atoms with van der Waals surface area (Å²) in [7, 11) is 0. The molecule has 1 amide bonds. The number of nitrogens with one attached hydrogen (secondary N) is 2. The Hall–Kier alpha value is -3.44. The molecule has 0 radical (unpaired) electrons. The standard InChI is InChI=1S/C29H32N4O/c30-18-21-10-12-23(13-11-21)29(34)33-26(16-20-6-2-1-3-7-20)28-31-19-27(32-28)25-15-14-22-8-4-5-9-24(22)17-25/h1-9,14-15,17,19,21,23,26H,10-13,16,18,30H2,(H,31,32)(H,33,34)/t21-,23-,26-/m0/s1. The number of nitrogens with zero attached hydrogens (tertiary/aromatic N) is 1.